The molecule has 3 aliphatic rings. The summed E-state index contributed by atoms with van der Waals surface area (Å²) in [5, 5.41) is 0. The monoisotopic (exact) mass is 324 g/mol. The Morgan fingerprint density at radius 1 is 1.17 bits per heavy atom. The quantitative estimate of drug-likeness (QED) is 0.824. The number of amides is 2. The van der Waals surface area contributed by atoms with E-state index in [2.05, 4.69) is 0 Å². The summed E-state index contributed by atoms with van der Waals surface area (Å²) in [7, 11) is 0. The van der Waals surface area contributed by atoms with Crippen LogP contribution in [0.15, 0.2) is 0 Å². The summed E-state index contributed by atoms with van der Waals surface area (Å²) in [6.45, 7) is 6.47. The molecule has 6 nitrogen and oxygen atoms in total. The predicted octanol–water partition coefficient (Wildman–Crippen LogP) is 1.07. The van der Waals surface area contributed by atoms with E-state index in [0.29, 0.717) is 32.7 Å². The van der Waals surface area contributed by atoms with Crippen LogP contribution in [0.1, 0.15) is 46.0 Å². The van der Waals surface area contributed by atoms with E-state index in [1.54, 1.807) is 0 Å². The number of hydrogen-bond donors (Lipinski definition) is 1. The number of morpholine rings is 1. The average molecular weight is 324 g/mol. The molecular formula is C17H28N2O4. The Labute approximate surface area is 137 Å². The minimum Gasteiger partial charge on any atom is -0.378 e. The van der Waals surface area contributed by atoms with Gasteiger partial charge in [-0.1, -0.05) is 6.42 Å². The molecule has 0 aromatic heterocycles. The van der Waals surface area contributed by atoms with Crippen molar-refractivity contribution >= 4 is 11.8 Å². The third kappa shape index (κ3) is 3.53. The molecule has 3 atom stereocenters. The molecule has 2 aliphatic heterocycles. The molecule has 2 amide bonds. The van der Waals surface area contributed by atoms with Gasteiger partial charge in [0.1, 0.15) is 5.60 Å². The van der Waals surface area contributed by atoms with Crippen LogP contribution in [-0.4, -0.2) is 54.2 Å². The largest absolute Gasteiger partial charge is 0.378 e. The first-order valence-corrected chi connectivity index (χ1v) is 8.66. The highest BCUT2D eigenvalue weighted by Crippen LogP contribution is 2.37. The van der Waals surface area contributed by atoms with Crippen LogP contribution in [0.2, 0.25) is 0 Å². The Hall–Kier alpha value is -1.14. The van der Waals surface area contributed by atoms with E-state index in [0.717, 1.165) is 25.7 Å². The van der Waals surface area contributed by atoms with Gasteiger partial charge in [-0.05, 0) is 33.1 Å². The van der Waals surface area contributed by atoms with Crippen molar-refractivity contribution in [1.29, 1.82) is 0 Å². The number of nitrogens with zero attached hydrogens (tertiary/aromatic N) is 1. The van der Waals surface area contributed by atoms with E-state index < -0.39 is 0 Å². The molecule has 6 heteroatoms. The molecule has 3 unspecified atom stereocenters. The van der Waals surface area contributed by atoms with Gasteiger partial charge in [-0.3, -0.25) is 9.59 Å². The lowest BCUT2D eigenvalue weighted by Gasteiger charge is -2.49. The number of carbonyl (C=O) groups excluding carboxylic acids is 2. The first-order chi connectivity index (χ1) is 10.8. The molecule has 3 fully saturated rings. The molecule has 2 N–H and O–H groups in total. The standard InChI is InChI=1S/C17H28N2O4/c1-16(2)9-19(10-17(23-16)6-7-22-11-17)15(21)13-5-3-4-12(8-13)14(18)20/h12-13H,3-11H2,1-2H3,(H2,18,20). The maximum absolute atomic E-state index is 13.0. The molecule has 0 bridgehead atoms. The van der Waals surface area contributed by atoms with Gasteiger partial charge in [0.05, 0.1) is 18.8 Å². The van der Waals surface area contributed by atoms with Crippen LogP contribution in [0.4, 0.5) is 0 Å². The highest BCUT2D eigenvalue weighted by molar-refractivity contribution is 5.82. The van der Waals surface area contributed by atoms with E-state index in [1.165, 1.54) is 0 Å². The second kappa shape index (κ2) is 6.06. The Morgan fingerprint density at radius 3 is 2.57 bits per heavy atom. The van der Waals surface area contributed by atoms with Crippen LogP contribution >= 0.6 is 0 Å². The lowest BCUT2D eigenvalue weighted by atomic mass is 9.80. The van der Waals surface area contributed by atoms with Crippen molar-refractivity contribution in [1.82, 2.24) is 4.90 Å². The molecular weight excluding hydrogens is 296 g/mol. The smallest absolute Gasteiger partial charge is 0.225 e. The summed E-state index contributed by atoms with van der Waals surface area (Å²) in [5.41, 5.74) is 4.70. The highest BCUT2D eigenvalue weighted by Gasteiger charge is 2.49. The molecule has 1 spiro atoms. The summed E-state index contributed by atoms with van der Waals surface area (Å²) >= 11 is 0. The van der Waals surface area contributed by atoms with Crippen molar-refractivity contribution in [3.8, 4) is 0 Å². The summed E-state index contributed by atoms with van der Waals surface area (Å²) in [6.07, 6.45) is 3.98. The topological polar surface area (TPSA) is 81.9 Å². The Morgan fingerprint density at radius 2 is 1.91 bits per heavy atom. The van der Waals surface area contributed by atoms with E-state index in [1.807, 2.05) is 18.7 Å². The van der Waals surface area contributed by atoms with Crippen molar-refractivity contribution in [3.05, 3.63) is 0 Å². The average Bonchev–Trinajstić information content (AvgIpc) is 2.92. The van der Waals surface area contributed by atoms with E-state index in [9.17, 15) is 9.59 Å². The van der Waals surface area contributed by atoms with Crippen molar-refractivity contribution in [2.75, 3.05) is 26.3 Å². The molecule has 1 aliphatic carbocycles. The first kappa shape index (κ1) is 16.7. The maximum atomic E-state index is 13.0. The van der Waals surface area contributed by atoms with Crippen LogP contribution in [0.5, 0.6) is 0 Å². The number of primary amides is 1. The number of hydrogen-bond acceptors (Lipinski definition) is 4. The van der Waals surface area contributed by atoms with Crippen LogP contribution < -0.4 is 5.73 Å². The molecule has 2 heterocycles. The van der Waals surface area contributed by atoms with Crippen LogP contribution in [0.3, 0.4) is 0 Å². The fraction of sp³-hybridized carbons (Fsp3) is 0.882. The fourth-order valence-corrected chi connectivity index (χ4v) is 4.39. The maximum Gasteiger partial charge on any atom is 0.225 e. The lowest BCUT2D eigenvalue weighted by Crippen LogP contribution is -2.62. The second-order valence-corrected chi connectivity index (χ2v) is 8.00. The molecule has 1 saturated carbocycles. The lowest BCUT2D eigenvalue weighted by molar-refractivity contribution is -0.201. The third-order valence-electron chi connectivity index (χ3n) is 5.35. The Balaban J connectivity index is 1.71. The molecule has 0 radical (unpaired) electrons. The zero-order valence-corrected chi connectivity index (χ0v) is 14.2. The minimum absolute atomic E-state index is 0.0884. The van der Waals surface area contributed by atoms with Gasteiger partial charge in [0, 0.05) is 31.4 Å². The molecule has 0 aromatic rings. The molecule has 0 aromatic carbocycles. The van der Waals surface area contributed by atoms with E-state index in [4.69, 9.17) is 15.2 Å². The van der Waals surface area contributed by atoms with Crippen LogP contribution in [-0.2, 0) is 19.1 Å². The number of carbonyl (C=O) groups is 2. The number of nitrogens with two attached hydrogens (primary N) is 1. The molecule has 23 heavy (non-hydrogen) atoms. The number of ether oxygens (including phenoxy) is 2. The summed E-state index contributed by atoms with van der Waals surface area (Å²) < 4.78 is 11.8. The van der Waals surface area contributed by atoms with Gasteiger partial charge < -0.3 is 20.1 Å². The van der Waals surface area contributed by atoms with Crippen LogP contribution in [0.25, 0.3) is 0 Å². The third-order valence-corrected chi connectivity index (χ3v) is 5.35. The van der Waals surface area contributed by atoms with Crippen molar-refractivity contribution in [2.24, 2.45) is 17.6 Å². The molecule has 3 rings (SSSR count). The van der Waals surface area contributed by atoms with E-state index >= 15 is 0 Å². The summed E-state index contributed by atoms with van der Waals surface area (Å²) in [4.78, 5) is 26.4. The highest BCUT2D eigenvalue weighted by atomic mass is 16.6. The van der Waals surface area contributed by atoms with Gasteiger partial charge in [-0.2, -0.15) is 0 Å². The van der Waals surface area contributed by atoms with Gasteiger partial charge in [-0.25, -0.2) is 0 Å². The van der Waals surface area contributed by atoms with Gasteiger partial charge in [0.25, 0.3) is 0 Å². The fourth-order valence-electron chi connectivity index (χ4n) is 4.39. The zero-order chi connectivity index (χ0) is 16.7. The van der Waals surface area contributed by atoms with Crippen molar-refractivity contribution < 1.29 is 19.1 Å². The SMILES string of the molecule is CC1(C)CN(C(=O)C2CCCC(C(N)=O)C2)CC2(CCOC2)O1. The molecule has 2 saturated heterocycles. The first-order valence-electron chi connectivity index (χ1n) is 8.66. The summed E-state index contributed by atoms with van der Waals surface area (Å²) in [5.74, 6) is -0.367. The van der Waals surface area contributed by atoms with Gasteiger partial charge in [0.15, 0.2) is 0 Å². The minimum atomic E-state index is -0.376. The normalized spacial score (nSPS) is 37.0. The van der Waals surface area contributed by atoms with Crippen molar-refractivity contribution in [2.45, 2.75) is 57.2 Å². The Kier molecular flexibility index (Phi) is 4.40. The van der Waals surface area contributed by atoms with Crippen LogP contribution in [0, 0.1) is 11.8 Å². The van der Waals surface area contributed by atoms with Gasteiger partial charge in [-0.15, -0.1) is 0 Å². The van der Waals surface area contributed by atoms with Crippen molar-refractivity contribution in [3.63, 3.8) is 0 Å². The second-order valence-electron chi connectivity index (χ2n) is 8.00. The van der Waals surface area contributed by atoms with Gasteiger partial charge in [0.2, 0.25) is 11.8 Å². The molecule has 130 valence electrons. The van der Waals surface area contributed by atoms with E-state index in [-0.39, 0.29) is 34.9 Å². The summed E-state index contributed by atoms with van der Waals surface area (Å²) in [6, 6.07) is 0. The predicted molar refractivity (Wildman–Crippen MR) is 84.6 cm³/mol. The zero-order valence-electron chi connectivity index (χ0n) is 14.2. The Bertz CT molecular complexity index is 485. The number of rotatable bonds is 2. The van der Waals surface area contributed by atoms with Gasteiger partial charge >= 0.3 is 0 Å².